The van der Waals surface area contributed by atoms with Crippen LogP contribution in [0, 0.1) is 0 Å². The van der Waals surface area contributed by atoms with E-state index in [0.717, 1.165) is 16.9 Å². The lowest BCUT2D eigenvalue weighted by molar-refractivity contribution is 0.0519. The van der Waals surface area contributed by atoms with Crippen LogP contribution in [0.4, 0.5) is 0 Å². The highest BCUT2D eigenvalue weighted by Crippen LogP contribution is 2.26. The number of carbonyl (C=O) groups excluding carboxylic acids is 2. The molecule has 3 aromatic rings. The zero-order chi connectivity index (χ0) is 22.6. The Morgan fingerprint density at radius 3 is 2.29 bits per heavy atom. The van der Waals surface area contributed by atoms with Crippen molar-refractivity contribution in [2.24, 2.45) is 0 Å². The summed E-state index contributed by atoms with van der Waals surface area (Å²) in [5.74, 6) is -0.629. The second-order valence-corrected chi connectivity index (χ2v) is 8.59. The van der Waals surface area contributed by atoms with Crippen molar-refractivity contribution in [3.63, 3.8) is 0 Å². The van der Waals surface area contributed by atoms with Crippen molar-refractivity contribution in [2.75, 3.05) is 6.61 Å². The number of halogens is 1. The number of nitrogens with zero attached hydrogens (tertiary/aromatic N) is 2. The molecule has 162 valence electrons. The Morgan fingerprint density at radius 1 is 1.06 bits per heavy atom. The molecule has 1 amide bonds. The third-order valence-corrected chi connectivity index (χ3v) is 4.95. The fourth-order valence-corrected chi connectivity index (χ4v) is 3.18. The van der Waals surface area contributed by atoms with Crippen molar-refractivity contribution in [3.05, 3.63) is 82.1 Å². The van der Waals surface area contributed by atoms with E-state index in [2.05, 4.69) is 10.4 Å². The first-order valence-corrected chi connectivity index (χ1v) is 10.5. The largest absolute Gasteiger partial charge is 0.461 e. The monoisotopic (exact) mass is 439 g/mol. The number of ether oxygens (including phenoxy) is 1. The highest BCUT2D eigenvalue weighted by Gasteiger charge is 2.24. The Labute approximate surface area is 187 Å². The quantitative estimate of drug-likeness (QED) is 0.552. The van der Waals surface area contributed by atoms with Crippen molar-refractivity contribution in [1.29, 1.82) is 0 Å². The van der Waals surface area contributed by atoms with E-state index < -0.39 is 5.97 Å². The van der Waals surface area contributed by atoms with E-state index in [-0.39, 0.29) is 23.6 Å². The second-order valence-electron chi connectivity index (χ2n) is 8.15. The Hall–Kier alpha value is -3.12. The van der Waals surface area contributed by atoms with Gasteiger partial charge in [-0.15, -0.1) is 0 Å². The minimum absolute atomic E-state index is 0.176. The Bertz CT molecular complexity index is 1060. The summed E-state index contributed by atoms with van der Waals surface area (Å²) in [6.07, 6.45) is 0. The van der Waals surface area contributed by atoms with Crippen LogP contribution >= 0.6 is 11.6 Å². The normalized spacial score (nSPS) is 11.3. The molecule has 0 aliphatic heterocycles. The van der Waals surface area contributed by atoms with Gasteiger partial charge in [0, 0.05) is 22.5 Å². The molecular formula is C24H26ClN3O3. The summed E-state index contributed by atoms with van der Waals surface area (Å²) in [7, 11) is 0. The molecule has 6 nitrogen and oxygen atoms in total. The molecule has 0 unspecified atom stereocenters. The molecule has 0 spiro atoms. The van der Waals surface area contributed by atoms with Crippen LogP contribution < -0.4 is 5.32 Å². The van der Waals surface area contributed by atoms with Gasteiger partial charge < -0.3 is 10.1 Å². The van der Waals surface area contributed by atoms with Crippen LogP contribution in [0.3, 0.4) is 0 Å². The van der Waals surface area contributed by atoms with Crippen LogP contribution in [-0.2, 0) is 16.7 Å². The maximum Gasteiger partial charge on any atom is 0.358 e. The summed E-state index contributed by atoms with van der Waals surface area (Å²) < 4.78 is 6.81. The van der Waals surface area contributed by atoms with Gasteiger partial charge in [-0.1, -0.05) is 44.5 Å². The van der Waals surface area contributed by atoms with Crippen LogP contribution in [0.1, 0.15) is 59.8 Å². The van der Waals surface area contributed by atoms with Crippen LogP contribution in [0.15, 0.2) is 54.6 Å². The average molecular weight is 440 g/mol. The van der Waals surface area contributed by atoms with E-state index in [1.54, 1.807) is 41.9 Å². The average Bonchev–Trinajstić information content (AvgIpc) is 3.20. The Kier molecular flexibility index (Phi) is 6.81. The maximum absolute atomic E-state index is 12.5. The number of hydrogen-bond acceptors (Lipinski definition) is 4. The highest BCUT2D eigenvalue weighted by molar-refractivity contribution is 6.30. The summed E-state index contributed by atoms with van der Waals surface area (Å²) in [6.45, 7) is 8.61. The van der Waals surface area contributed by atoms with Crippen molar-refractivity contribution < 1.29 is 14.3 Å². The third-order valence-electron chi connectivity index (χ3n) is 4.70. The van der Waals surface area contributed by atoms with Gasteiger partial charge in [-0.05, 0) is 55.0 Å². The predicted octanol–water partition coefficient (Wildman–Crippen LogP) is 4.93. The number of esters is 1. The molecule has 0 atom stereocenters. The lowest BCUT2D eigenvalue weighted by atomic mass is 9.91. The predicted molar refractivity (Wildman–Crippen MR) is 121 cm³/mol. The molecule has 0 saturated carbocycles. The second kappa shape index (κ2) is 9.35. The summed E-state index contributed by atoms with van der Waals surface area (Å²) in [4.78, 5) is 24.7. The van der Waals surface area contributed by atoms with Crippen LogP contribution in [-0.4, -0.2) is 28.3 Å². The molecule has 2 aromatic carbocycles. The van der Waals surface area contributed by atoms with Crippen molar-refractivity contribution in [3.8, 4) is 5.69 Å². The molecule has 0 bridgehead atoms. The minimum Gasteiger partial charge on any atom is -0.461 e. The molecule has 7 heteroatoms. The van der Waals surface area contributed by atoms with Gasteiger partial charge in [0.15, 0.2) is 5.69 Å². The topological polar surface area (TPSA) is 73.2 Å². The number of rotatable bonds is 6. The standard InChI is InChI=1S/C24H26ClN3O3/c1-5-31-23(30)20-14-21(24(2,3)4)28(27-20)19-12-8-17(9-13-19)22(29)26-15-16-6-10-18(25)11-7-16/h6-14H,5,15H2,1-4H3,(H,26,29). The van der Waals surface area contributed by atoms with Gasteiger partial charge in [-0.3, -0.25) is 4.79 Å². The molecule has 0 saturated heterocycles. The first-order valence-electron chi connectivity index (χ1n) is 10.1. The molecular weight excluding hydrogens is 414 g/mol. The summed E-state index contributed by atoms with van der Waals surface area (Å²) in [6, 6.07) is 16.2. The summed E-state index contributed by atoms with van der Waals surface area (Å²) in [5.41, 5.74) is 3.15. The van der Waals surface area contributed by atoms with E-state index in [1.165, 1.54) is 0 Å². The van der Waals surface area contributed by atoms with Crippen molar-refractivity contribution >= 4 is 23.5 Å². The molecule has 1 aromatic heterocycles. The molecule has 1 N–H and O–H groups in total. The first kappa shape index (κ1) is 22.6. The van der Waals surface area contributed by atoms with E-state index in [0.29, 0.717) is 17.1 Å². The maximum atomic E-state index is 12.5. The smallest absolute Gasteiger partial charge is 0.358 e. The lowest BCUT2D eigenvalue weighted by Gasteiger charge is -2.20. The number of carbonyl (C=O) groups is 2. The third kappa shape index (κ3) is 5.52. The van der Waals surface area contributed by atoms with Crippen LogP contribution in [0.2, 0.25) is 5.02 Å². The van der Waals surface area contributed by atoms with Crippen molar-refractivity contribution in [1.82, 2.24) is 15.1 Å². The van der Waals surface area contributed by atoms with E-state index >= 15 is 0 Å². The van der Waals surface area contributed by atoms with E-state index in [9.17, 15) is 9.59 Å². The van der Waals surface area contributed by atoms with Crippen LogP contribution in [0.25, 0.3) is 5.69 Å². The lowest BCUT2D eigenvalue weighted by Crippen LogP contribution is -2.22. The van der Waals surface area contributed by atoms with E-state index in [1.807, 2.05) is 45.0 Å². The highest BCUT2D eigenvalue weighted by atomic mass is 35.5. The molecule has 0 aliphatic rings. The number of amides is 1. The first-order chi connectivity index (χ1) is 14.7. The Balaban J connectivity index is 1.79. The molecule has 0 aliphatic carbocycles. The molecule has 3 rings (SSSR count). The molecule has 0 radical (unpaired) electrons. The van der Waals surface area contributed by atoms with Gasteiger partial charge in [0.2, 0.25) is 0 Å². The minimum atomic E-state index is -0.454. The zero-order valence-corrected chi connectivity index (χ0v) is 18.9. The van der Waals surface area contributed by atoms with Gasteiger partial charge in [0.25, 0.3) is 5.91 Å². The van der Waals surface area contributed by atoms with Gasteiger partial charge in [0.05, 0.1) is 18.0 Å². The summed E-state index contributed by atoms with van der Waals surface area (Å²) >= 11 is 5.89. The van der Waals surface area contributed by atoms with Gasteiger partial charge in [-0.25, -0.2) is 9.48 Å². The van der Waals surface area contributed by atoms with Gasteiger partial charge >= 0.3 is 5.97 Å². The number of nitrogens with one attached hydrogen (secondary N) is 1. The van der Waals surface area contributed by atoms with Crippen LogP contribution in [0.5, 0.6) is 0 Å². The SMILES string of the molecule is CCOC(=O)c1cc(C(C)(C)C)n(-c2ccc(C(=O)NCc3ccc(Cl)cc3)cc2)n1. The number of hydrogen-bond donors (Lipinski definition) is 1. The van der Waals surface area contributed by atoms with Crippen molar-refractivity contribution in [2.45, 2.75) is 39.7 Å². The fraction of sp³-hybridized carbons (Fsp3) is 0.292. The number of benzene rings is 2. The fourth-order valence-electron chi connectivity index (χ4n) is 3.06. The number of aromatic nitrogens is 2. The summed E-state index contributed by atoms with van der Waals surface area (Å²) in [5, 5.41) is 8.01. The molecule has 1 heterocycles. The molecule has 31 heavy (non-hydrogen) atoms. The van der Waals surface area contributed by atoms with Gasteiger partial charge in [0.1, 0.15) is 0 Å². The zero-order valence-electron chi connectivity index (χ0n) is 18.1. The Morgan fingerprint density at radius 2 is 1.71 bits per heavy atom. The van der Waals surface area contributed by atoms with Gasteiger partial charge in [-0.2, -0.15) is 5.10 Å². The molecule has 0 fully saturated rings. The van der Waals surface area contributed by atoms with E-state index in [4.69, 9.17) is 16.3 Å².